The fourth-order valence-corrected chi connectivity index (χ4v) is 4.34. The summed E-state index contributed by atoms with van der Waals surface area (Å²) in [5.41, 5.74) is 6.03. The summed E-state index contributed by atoms with van der Waals surface area (Å²) in [5.74, 6) is 0. The Morgan fingerprint density at radius 3 is 2.13 bits per heavy atom. The van der Waals surface area contributed by atoms with Gasteiger partial charge in [-0.25, -0.2) is 4.98 Å². The summed E-state index contributed by atoms with van der Waals surface area (Å²) in [6.07, 6.45) is 3.27. The Morgan fingerprint density at radius 1 is 0.700 bits per heavy atom. The van der Waals surface area contributed by atoms with Gasteiger partial charge in [-0.05, 0) is 24.1 Å². The van der Waals surface area contributed by atoms with Gasteiger partial charge in [0.2, 0.25) is 0 Å². The fourth-order valence-electron chi connectivity index (χ4n) is 4.34. The van der Waals surface area contributed by atoms with Gasteiger partial charge >= 0.3 is 0 Å². The molecule has 152 valence electrons. The van der Waals surface area contributed by atoms with E-state index in [0.29, 0.717) is 0 Å². The molecule has 1 saturated heterocycles. The van der Waals surface area contributed by atoms with Crippen molar-refractivity contribution in [1.82, 2.24) is 19.2 Å². The van der Waals surface area contributed by atoms with Crippen LogP contribution < -0.4 is 0 Å². The summed E-state index contributed by atoms with van der Waals surface area (Å²) in [4.78, 5) is 10.1. The minimum Gasteiger partial charge on any atom is -0.302 e. The van der Waals surface area contributed by atoms with E-state index in [0.717, 1.165) is 57.0 Å². The average Bonchev–Trinajstić information content (AvgIpc) is 3.18. The van der Waals surface area contributed by atoms with Gasteiger partial charge in [0.25, 0.3) is 0 Å². The van der Waals surface area contributed by atoms with Crippen LogP contribution in [0.15, 0.2) is 85.1 Å². The lowest BCUT2D eigenvalue weighted by atomic mass is 10.1. The van der Waals surface area contributed by atoms with E-state index in [1.807, 2.05) is 0 Å². The fraction of sp³-hybridized carbons (Fsp3) is 0.269. The van der Waals surface area contributed by atoms with Crippen molar-refractivity contribution in [3.05, 3.63) is 96.3 Å². The molecule has 3 heterocycles. The number of fused-ring (bicyclic) bond motifs is 1. The van der Waals surface area contributed by atoms with Gasteiger partial charge in [-0.2, -0.15) is 0 Å². The third-order valence-corrected chi connectivity index (χ3v) is 6.07. The second-order valence-electron chi connectivity index (χ2n) is 8.06. The van der Waals surface area contributed by atoms with E-state index in [2.05, 4.69) is 99.3 Å². The van der Waals surface area contributed by atoms with Crippen LogP contribution in [0.3, 0.4) is 0 Å². The van der Waals surface area contributed by atoms with Crippen LogP contribution >= 0.6 is 0 Å². The smallest absolute Gasteiger partial charge is 0.137 e. The van der Waals surface area contributed by atoms with E-state index in [-0.39, 0.29) is 0 Å². The normalized spacial score (nSPS) is 15.6. The molecule has 0 N–H and O–H groups in total. The molecule has 0 unspecified atom stereocenters. The molecule has 0 aliphatic carbocycles. The zero-order chi connectivity index (χ0) is 20.2. The molecule has 4 aromatic rings. The summed E-state index contributed by atoms with van der Waals surface area (Å²) < 4.78 is 2.25. The standard InChI is InChI=1S/C26H28N4/c1-3-9-22(10-4-1)14-16-28-17-19-29(20-18-28)21-24-26(23-11-5-2-6-12-23)27-25-13-7-8-15-30(24)25/h1-13,15H,14,16-21H2. The molecule has 0 atom stereocenters. The Morgan fingerprint density at radius 2 is 1.37 bits per heavy atom. The van der Waals surface area contributed by atoms with Gasteiger partial charge in [0.1, 0.15) is 5.65 Å². The van der Waals surface area contributed by atoms with Crippen LogP contribution in [0.25, 0.3) is 16.9 Å². The van der Waals surface area contributed by atoms with Crippen molar-refractivity contribution < 1.29 is 0 Å². The molecule has 0 bridgehead atoms. The molecule has 0 saturated carbocycles. The molecule has 1 aliphatic rings. The summed E-state index contributed by atoms with van der Waals surface area (Å²) in [6, 6.07) is 27.6. The monoisotopic (exact) mass is 396 g/mol. The molecule has 5 rings (SSSR count). The molecule has 30 heavy (non-hydrogen) atoms. The molecular formula is C26H28N4. The number of benzene rings is 2. The Labute approximate surface area is 178 Å². The molecule has 1 aliphatic heterocycles. The predicted molar refractivity (Wildman–Crippen MR) is 122 cm³/mol. The quantitative estimate of drug-likeness (QED) is 0.484. The second-order valence-corrected chi connectivity index (χ2v) is 8.06. The number of hydrogen-bond acceptors (Lipinski definition) is 3. The molecule has 0 radical (unpaired) electrons. The van der Waals surface area contributed by atoms with Crippen molar-refractivity contribution in [3.8, 4) is 11.3 Å². The Kier molecular flexibility index (Phi) is 5.60. The maximum atomic E-state index is 4.95. The Balaban J connectivity index is 1.27. The number of pyridine rings is 1. The number of nitrogens with zero attached hydrogens (tertiary/aromatic N) is 4. The largest absolute Gasteiger partial charge is 0.302 e. The molecule has 0 spiro atoms. The zero-order valence-corrected chi connectivity index (χ0v) is 17.3. The van der Waals surface area contributed by atoms with Gasteiger partial charge in [0, 0.05) is 51.0 Å². The molecule has 0 amide bonds. The zero-order valence-electron chi connectivity index (χ0n) is 17.3. The lowest BCUT2D eigenvalue weighted by Gasteiger charge is -2.34. The van der Waals surface area contributed by atoms with Crippen molar-refractivity contribution >= 4 is 5.65 Å². The highest BCUT2D eigenvalue weighted by Gasteiger charge is 2.21. The topological polar surface area (TPSA) is 23.8 Å². The van der Waals surface area contributed by atoms with Crippen LogP contribution in [0.5, 0.6) is 0 Å². The lowest BCUT2D eigenvalue weighted by molar-refractivity contribution is 0.127. The van der Waals surface area contributed by atoms with Crippen molar-refractivity contribution in [1.29, 1.82) is 0 Å². The van der Waals surface area contributed by atoms with Crippen molar-refractivity contribution in [2.75, 3.05) is 32.7 Å². The lowest BCUT2D eigenvalue weighted by Crippen LogP contribution is -2.46. The first-order valence-corrected chi connectivity index (χ1v) is 10.9. The highest BCUT2D eigenvalue weighted by molar-refractivity contribution is 5.66. The first kappa shape index (κ1) is 19.0. The number of rotatable bonds is 6. The Bertz CT molecular complexity index is 1080. The van der Waals surface area contributed by atoms with Gasteiger partial charge < -0.3 is 9.30 Å². The third kappa shape index (κ3) is 4.16. The van der Waals surface area contributed by atoms with Gasteiger partial charge in [0.15, 0.2) is 0 Å². The van der Waals surface area contributed by atoms with E-state index < -0.39 is 0 Å². The first-order valence-electron chi connectivity index (χ1n) is 10.9. The Hall–Kier alpha value is -2.95. The predicted octanol–water partition coefficient (Wildman–Crippen LogP) is 4.36. The van der Waals surface area contributed by atoms with Crippen LogP contribution in [-0.2, 0) is 13.0 Å². The summed E-state index contributed by atoms with van der Waals surface area (Å²) in [6.45, 7) is 6.53. The van der Waals surface area contributed by atoms with Crippen molar-refractivity contribution in [2.45, 2.75) is 13.0 Å². The van der Waals surface area contributed by atoms with Gasteiger partial charge in [-0.15, -0.1) is 0 Å². The van der Waals surface area contributed by atoms with Gasteiger partial charge in [0.05, 0.1) is 11.4 Å². The maximum absolute atomic E-state index is 4.95. The SMILES string of the molecule is c1ccc(CCN2CCN(Cc3c(-c4ccccc4)nc4ccccn34)CC2)cc1. The van der Waals surface area contributed by atoms with Crippen LogP contribution in [0.2, 0.25) is 0 Å². The van der Waals surface area contributed by atoms with E-state index in [9.17, 15) is 0 Å². The average molecular weight is 397 g/mol. The number of imidazole rings is 1. The molecule has 2 aromatic carbocycles. The van der Waals surface area contributed by atoms with E-state index in [1.165, 1.54) is 16.8 Å². The van der Waals surface area contributed by atoms with E-state index >= 15 is 0 Å². The van der Waals surface area contributed by atoms with E-state index in [4.69, 9.17) is 4.98 Å². The van der Waals surface area contributed by atoms with E-state index in [1.54, 1.807) is 0 Å². The second kappa shape index (κ2) is 8.82. The summed E-state index contributed by atoms with van der Waals surface area (Å²) >= 11 is 0. The van der Waals surface area contributed by atoms with Crippen LogP contribution in [0.4, 0.5) is 0 Å². The number of aromatic nitrogens is 2. The maximum Gasteiger partial charge on any atom is 0.137 e. The van der Waals surface area contributed by atoms with Crippen LogP contribution in [0, 0.1) is 0 Å². The summed E-state index contributed by atoms with van der Waals surface area (Å²) in [7, 11) is 0. The molecular weight excluding hydrogens is 368 g/mol. The first-order chi connectivity index (χ1) is 14.9. The number of hydrogen-bond donors (Lipinski definition) is 0. The molecule has 1 fully saturated rings. The third-order valence-electron chi connectivity index (χ3n) is 6.07. The van der Waals surface area contributed by atoms with Crippen LogP contribution in [0.1, 0.15) is 11.3 Å². The number of piperazine rings is 1. The molecule has 4 heteroatoms. The van der Waals surface area contributed by atoms with Crippen molar-refractivity contribution in [3.63, 3.8) is 0 Å². The van der Waals surface area contributed by atoms with Gasteiger partial charge in [-0.3, -0.25) is 4.90 Å². The van der Waals surface area contributed by atoms with Gasteiger partial charge in [-0.1, -0.05) is 66.7 Å². The molecule has 2 aromatic heterocycles. The van der Waals surface area contributed by atoms with Crippen LogP contribution in [-0.4, -0.2) is 51.9 Å². The van der Waals surface area contributed by atoms with Crippen molar-refractivity contribution in [2.24, 2.45) is 0 Å². The highest BCUT2D eigenvalue weighted by atomic mass is 15.3. The minimum atomic E-state index is 0.932. The minimum absolute atomic E-state index is 0.932. The molecule has 4 nitrogen and oxygen atoms in total. The summed E-state index contributed by atoms with van der Waals surface area (Å²) in [5, 5.41) is 0. The highest BCUT2D eigenvalue weighted by Crippen LogP contribution is 2.26.